The summed E-state index contributed by atoms with van der Waals surface area (Å²) in [4.78, 5) is 19.7. The summed E-state index contributed by atoms with van der Waals surface area (Å²) in [6.07, 6.45) is 6.83. The molecule has 1 fully saturated rings. The zero-order chi connectivity index (χ0) is 23.0. The number of rotatable bonds is 9. The van der Waals surface area contributed by atoms with Crippen molar-refractivity contribution in [3.63, 3.8) is 0 Å². The van der Waals surface area contributed by atoms with E-state index in [0.29, 0.717) is 24.2 Å². The Labute approximate surface area is 196 Å². The van der Waals surface area contributed by atoms with E-state index in [1.807, 2.05) is 54.7 Å². The van der Waals surface area contributed by atoms with Crippen molar-refractivity contribution >= 4 is 11.6 Å². The summed E-state index contributed by atoms with van der Waals surface area (Å²) < 4.78 is 11.0. The van der Waals surface area contributed by atoms with E-state index in [1.165, 1.54) is 19.3 Å². The number of Topliss-reactive ketones (excluding diaryl/α,β-unsaturated/α-hetero) is 1. The Kier molecular flexibility index (Phi) is 7.61. The Morgan fingerprint density at radius 3 is 2.15 bits per heavy atom. The highest BCUT2D eigenvalue weighted by Gasteiger charge is 2.18. The topological polar surface area (TPSA) is 51.7 Å². The average Bonchev–Trinajstić information content (AvgIpc) is 2.88. The molecule has 4 rings (SSSR count). The molecule has 5 nitrogen and oxygen atoms in total. The molecule has 0 spiro atoms. The summed E-state index contributed by atoms with van der Waals surface area (Å²) in [6.45, 7) is 4.45. The van der Waals surface area contributed by atoms with Gasteiger partial charge < -0.3 is 14.4 Å². The van der Waals surface area contributed by atoms with Gasteiger partial charge >= 0.3 is 0 Å². The van der Waals surface area contributed by atoms with E-state index in [9.17, 15) is 4.79 Å². The van der Waals surface area contributed by atoms with E-state index in [-0.39, 0.29) is 5.78 Å². The molecule has 0 radical (unpaired) electrons. The molecule has 0 atom stereocenters. The monoisotopic (exact) mass is 444 g/mol. The molecule has 2 aromatic carbocycles. The summed E-state index contributed by atoms with van der Waals surface area (Å²) in [5.41, 5.74) is 1.79. The van der Waals surface area contributed by atoms with Crippen LogP contribution in [0.2, 0.25) is 0 Å². The lowest BCUT2D eigenvalue weighted by Crippen LogP contribution is -2.33. The molecule has 0 aliphatic carbocycles. The van der Waals surface area contributed by atoms with Crippen molar-refractivity contribution in [2.75, 3.05) is 25.1 Å². The average molecular weight is 445 g/mol. The first-order chi connectivity index (χ1) is 16.1. The molecule has 1 aromatic heterocycles. The SMILES string of the molecule is CCC1CCN(c2ccc(CCC(=O)c3ccc(Oc4ccc(OC)cc4)cc3)cn2)CC1. The normalized spacial score (nSPS) is 14.2. The Morgan fingerprint density at radius 2 is 1.58 bits per heavy atom. The highest BCUT2D eigenvalue weighted by molar-refractivity contribution is 5.96. The maximum atomic E-state index is 12.6. The smallest absolute Gasteiger partial charge is 0.163 e. The molecule has 172 valence electrons. The van der Waals surface area contributed by atoms with Crippen LogP contribution >= 0.6 is 0 Å². The minimum Gasteiger partial charge on any atom is -0.497 e. The van der Waals surface area contributed by atoms with E-state index in [2.05, 4.69) is 28.9 Å². The van der Waals surface area contributed by atoms with Crippen molar-refractivity contribution in [1.82, 2.24) is 4.98 Å². The number of ether oxygens (including phenoxy) is 2. The summed E-state index contributed by atoms with van der Waals surface area (Å²) >= 11 is 0. The molecular weight excluding hydrogens is 412 g/mol. The minimum absolute atomic E-state index is 0.122. The summed E-state index contributed by atoms with van der Waals surface area (Å²) in [5, 5.41) is 0. The number of aromatic nitrogens is 1. The number of hydrogen-bond acceptors (Lipinski definition) is 5. The fraction of sp³-hybridized carbons (Fsp3) is 0.357. The van der Waals surface area contributed by atoms with Gasteiger partial charge in [0.15, 0.2) is 5.78 Å². The van der Waals surface area contributed by atoms with E-state index < -0.39 is 0 Å². The van der Waals surface area contributed by atoms with Crippen molar-refractivity contribution in [2.24, 2.45) is 5.92 Å². The predicted octanol–water partition coefficient (Wildman–Crippen LogP) is 6.32. The molecule has 0 amide bonds. The van der Waals surface area contributed by atoms with Gasteiger partial charge in [0.05, 0.1) is 7.11 Å². The van der Waals surface area contributed by atoms with E-state index in [0.717, 1.165) is 41.9 Å². The van der Waals surface area contributed by atoms with Crippen LogP contribution in [0.3, 0.4) is 0 Å². The van der Waals surface area contributed by atoms with Crippen LogP contribution in [-0.2, 0) is 6.42 Å². The van der Waals surface area contributed by atoms with Gasteiger partial charge in [-0.1, -0.05) is 19.4 Å². The second-order valence-corrected chi connectivity index (χ2v) is 8.59. The first kappa shape index (κ1) is 22.8. The van der Waals surface area contributed by atoms with Gasteiger partial charge in [0, 0.05) is 31.3 Å². The molecule has 0 saturated carbocycles. The first-order valence-electron chi connectivity index (χ1n) is 11.8. The molecule has 2 heterocycles. The highest BCUT2D eigenvalue weighted by atomic mass is 16.5. The van der Waals surface area contributed by atoms with Crippen LogP contribution < -0.4 is 14.4 Å². The van der Waals surface area contributed by atoms with Crippen molar-refractivity contribution < 1.29 is 14.3 Å². The predicted molar refractivity (Wildman–Crippen MR) is 132 cm³/mol. The lowest BCUT2D eigenvalue weighted by Gasteiger charge is -2.32. The zero-order valence-corrected chi connectivity index (χ0v) is 19.5. The maximum absolute atomic E-state index is 12.6. The second kappa shape index (κ2) is 11.0. The molecule has 0 N–H and O–H groups in total. The molecule has 1 saturated heterocycles. The number of pyridine rings is 1. The third-order valence-corrected chi connectivity index (χ3v) is 6.44. The van der Waals surface area contributed by atoms with Crippen molar-refractivity contribution in [3.8, 4) is 17.2 Å². The van der Waals surface area contributed by atoms with Crippen LogP contribution in [0.25, 0.3) is 0 Å². The highest BCUT2D eigenvalue weighted by Crippen LogP contribution is 2.25. The van der Waals surface area contributed by atoms with Crippen LogP contribution in [0.15, 0.2) is 66.9 Å². The lowest BCUT2D eigenvalue weighted by atomic mass is 9.94. The van der Waals surface area contributed by atoms with Crippen molar-refractivity contribution in [1.29, 1.82) is 0 Å². The van der Waals surface area contributed by atoms with E-state index >= 15 is 0 Å². The van der Waals surface area contributed by atoms with Gasteiger partial charge in [-0.2, -0.15) is 0 Å². The number of nitrogens with zero attached hydrogens (tertiary/aromatic N) is 2. The number of carbonyl (C=O) groups is 1. The number of benzene rings is 2. The Morgan fingerprint density at radius 1 is 0.939 bits per heavy atom. The molecule has 0 bridgehead atoms. The number of piperidine rings is 1. The number of anilines is 1. The fourth-order valence-electron chi connectivity index (χ4n) is 4.21. The van der Waals surface area contributed by atoms with E-state index in [1.54, 1.807) is 7.11 Å². The lowest BCUT2D eigenvalue weighted by molar-refractivity contribution is 0.0983. The van der Waals surface area contributed by atoms with Gasteiger partial charge in [-0.3, -0.25) is 4.79 Å². The second-order valence-electron chi connectivity index (χ2n) is 8.59. The first-order valence-corrected chi connectivity index (χ1v) is 11.8. The van der Waals surface area contributed by atoms with Gasteiger partial charge in [-0.05, 0) is 85.3 Å². The van der Waals surface area contributed by atoms with Gasteiger partial charge in [0.25, 0.3) is 0 Å². The van der Waals surface area contributed by atoms with E-state index in [4.69, 9.17) is 9.47 Å². The molecule has 1 aliphatic rings. The zero-order valence-electron chi connectivity index (χ0n) is 19.5. The number of carbonyl (C=O) groups excluding carboxylic acids is 1. The van der Waals surface area contributed by atoms with Crippen LogP contribution in [0, 0.1) is 5.92 Å². The van der Waals surface area contributed by atoms with Crippen LogP contribution in [0.1, 0.15) is 48.5 Å². The standard InChI is InChI=1S/C28H32N2O3/c1-3-21-16-18-30(19-17-21)28-15-5-22(20-29-28)4-14-27(31)23-6-8-25(9-7-23)33-26-12-10-24(32-2)11-13-26/h5-13,15,20-21H,3-4,14,16-19H2,1-2H3. The molecule has 33 heavy (non-hydrogen) atoms. The molecule has 1 aliphatic heterocycles. The minimum atomic E-state index is 0.122. The van der Waals surface area contributed by atoms with Crippen LogP contribution in [-0.4, -0.2) is 31.0 Å². The third-order valence-electron chi connectivity index (χ3n) is 6.44. The molecule has 3 aromatic rings. The van der Waals surface area contributed by atoms with Crippen LogP contribution in [0.4, 0.5) is 5.82 Å². The molecule has 5 heteroatoms. The summed E-state index contributed by atoms with van der Waals surface area (Å²) in [5.74, 6) is 4.23. The molecule has 0 unspecified atom stereocenters. The van der Waals surface area contributed by atoms with Gasteiger partial charge in [0.2, 0.25) is 0 Å². The summed E-state index contributed by atoms with van der Waals surface area (Å²) in [7, 11) is 1.63. The quantitative estimate of drug-likeness (QED) is 0.361. The number of aryl methyl sites for hydroxylation is 1. The summed E-state index contributed by atoms with van der Waals surface area (Å²) in [6, 6.07) is 18.9. The largest absolute Gasteiger partial charge is 0.497 e. The molecular formula is C28H32N2O3. The fourth-order valence-corrected chi connectivity index (χ4v) is 4.21. The Hall–Kier alpha value is -3.34. The number of hydrogen-bond donors (Lipinski definition) is 0. The van der Waals surface area contributed by atoms with Gasteiger partial charge in [-0.15, -0.1) is 0 Å². The van der Waals surface area contributed by atoms with Crippen molar-refractivity contribution in [2.45, 2.75) is 39.0 Å². The van der Waals surface area contributed by atoms with Gasteiger partial charge in [-0.25, -0.2) is 4.98 Å². The Bertz CT molecular complexity index is 1020. The third kappa shape index (κ3) is 6.13. The Balaban J connectivity index is 1.27. The van der Waals surface area contributed by atoms with Crippen LogP contribution in [0.5, 0.6) is 17.2 Å². The van der Waals surface area contributed by atoms with Gasteiger partial charge in [0.1, 0.15) is 23.1 Å². The number of ketones is 1. The van der Waals surface area contributed by atoms with Crippen molar-refractivity contribution in [3.05, 3.63) is 78.0 Å². The maximum Gasteiger partial charge on any atom is 0.163 e. The number of methoxy groups -OCH3 is 1.